The minimum Gasteiger partial charge on any atom is -0.394 e. The van der Waals surface area contributed by atoms with E-state index in [0.717, 1.165) is 51.4 Å². The largest absolute Gasteiger partial charge is 0.397 e. The van der Waals surface area contributed by atoms with Gasteiger partial charge in [0.15, 0.2) is 6.29 Å². The smallest absolute Gasteiger partial charge is 0.394 e. The highest BCUT2D eigenvalue weighted by atomic mass is 32.3. The van der Waals surface area contributed by atoms with Gasteiger partial charge in [-0.1, -0.05) is 173 Å². The molecule has 14 heteroatoms. The lowest BCUT2D eigenvalue weighted by Gasteiger charge is -2.41. The minimum absolute atomic E-state index is 0.230. The predicted molar refractivity (Wildman–Crippen MR) is 233 cm³/mol. The van der Waals surface area contributed by atoms with E-state index in [0.29, 0.717) is 12.8 Å². The van der Waals surface area contributed by atoms with E-state index >= 15 is 0 Å². The van der Waals surface area contributed by atoms with E-state index in [9.17, 15) is 43.3 Å². The normalized spacial score (nSPS) is 21.7. The Morgan fingerprint density at radius 1 is 0.678 bits per heavy atom. The third-order valence-electron chi connectivity index (χ3n) is 11.1. The molecule has 7 N–H and O–H groups in total. The predicted octanol–water partition coefficient (Wildman–Crippen LogP) is 7.91. The van der Waals surface area contributed by atoms with E-state index in [2.05, 4.69) is 35.5 Å². The van der Waals surface area contributed by atoms with Gasteiger partial charge in [-0.15, -0.1) is 0 Å². The summed E-state index contributed by atoms with van der Waals surface area (Å²) in [6.07, 6.45) is 28.3. The zero-order valence-corrected chi connectivity index (χ0v) is 37.5. The molecule has 1 rings (SSSR count). The van der Waals surface area contributed by atoms with Crippen molar-refractivity contribution in [3.8, 4) is 0 Å². The highest BCUT2D eigenvalue weighted by Gasteiger charge is 2.48. The number of nitrogens with one attached hydrogen (secondary N) is 1. The Labute approximate surface area is 357 Å². The summed E-state index contributed by atoms with van der Waals surface area (Å²) in [5, 5.41) is 55.1. The van der Waals surface area contributed by atoms with Crippen molar-refractivity contribution in [3.63, 3.8) is 0 Å². The van der Waals surface area contributed by atoms with E-state index in [1.807, 2.05) is 6.08 Å². The number of allylic oxidation sites excluding steroid dienone is 3. The first-order valence-electron chi connectivity index (χ1n) is 23.3. The molecule has 1 aliphatic rings. The molecule has 1 heterocycles. The molecule has 1 fully saturated rings. The highest BCUT2D eigenvalue weighted by Crippen LogP contribution is 2.26. The number of rotatable bonds is 39. The SMILES string of the molecule is CCCCCCCCCCC/C=C\CCCCCCC(O)C(=O)NC(COC1OC(CO)C(O)C(OS(=O)(=O)O)C1O)C(O)/C=C/CCCCCCCCCCCCC. The molecule has 0 aromatic carbocycles. The fourth-order valence-electron chi connectivity index (χ4n) is 7.34. The molecule has 13 nitrogen and oxygen atoms in total. The van der Waals surface area contributed by atoms with E-state index in [4.69, 9.17) is 9.47 Å². The zero-order chi connectivity index (χ0) is 43.6. The van der Waals surface area contributed by atoms with Crippen molar-refractivity contribution in [1.82, 2.24) is 5.32 Å². The number of ether oxygens (including phenoxy) is 2. The van der Waals surface area contributed by atoms with Gasteiger partial charge in [0, 0.05) is 0 Å². The van der Waals surface area contributed by atoms with Crippen LogP contribution in [0.3, 0.4) is 0 Å². The lowest BCUT2D eigenvalue weighted by Crippen LogP contribution is -2.61. The summed E-state index contributed by atoms with van der Waals surface area (Å²) in [6, 6.07) is -1.12. The van der Waals surface area contributed by atoms with E-state index < -0.39 is 78.5 Å². The number of aliphatic hydroxyl groups is 5. The summed E-state index contributed by atoms with van der Waals surface area (Å²) < 4.78 is 47.5. The van der Waals surface area contributed by atoms with Gasteiger partial charge in [0.1, 0.15) is 30.5 Å². The van der Waals surface area contributed by atoms with Crippen LogP contribution in [0.15, 0.2) is 24.3 Å². The zero-order valence-electron chi connectivity index (χ0n) is 36.7. The molecule has 0 aromatic heterocycles. The van der Waals surface area contributed by atoms with Crippen LogP contribution in [0.25, 0.3) is 0 Å². The van der Waals surface area contributed by atoms with Crippen LogP contribution in [0.2, 0.25) is 0 Å². The van der Waals surface area contributed by atoms with Gasteiger partial charge in [0.2, 0.25) is 5.91 Å². The maximum atomic E-state index is 13.1. The Morgan fingerprint density at radius 3 is 1.58 bits per heavy atom. The van der Waals surface area contributed by atoms with E-state index in [-0.39, 0.29) is 6.42 Å². The van der Waals surface area contributed by atoms with Gasteiger partial charge < -0.3 is 40.3 Å². The Bertz CT molecular complexity index is 1170. The number of hydrogen-bond donors (Lipinski definition) is 7. The molecule has 0 bridgehead atoms. The van der Waals surface area contributed by atoms with Crippen LogP contribution in [0.1, 0.15) is 194 Å². The monoisotopic (exact) mass is 864 g/mol. The molecule has 0 aromatic rings. The first kappa shape index (κ1) is 55.6. The average molecular weight is 864 g/mol. The first-order chi connectivity index (χ1) is 28.4. The van der Waals surface area contributed by atoms with Crippen molar-refractivity contribution in [3.05, 3.63) is 24.3 Å². The Morgan fingerprint density at radius 2 is 1.12 bits per heavy atom. The lowest BCUT2D eigenvalue weighted by atomic mass is 9.99. The van der Waals surface area contributed by atoms with Crippen LogP contribution >= 0.6 is 0 Å². The number of hydrogen-bond acceptors (Lipinski definition) is 11. The molecule has 348 valence electrons. The molecule has 0 saturated carbocycles. The van der Waals surface area contributed by atoms with Crippen molar-refractivity contribution in [2.75, 3.05) is 13.2 Å². The summed E-state index contributed by atoms with van der Waals surface area (Å²) in [7, 11) is -5.12. The summed E-state index contributed by atoms with van der Waals surface area (Å²) in [4.78, 5) is 13.1. The number of aliphatic hydroxyl groups excluding tert-OH is 5. The molecule has 1 aliphatic heterocycles. The van der Waals surface area contributed by atoms with E-state index in [1.165, 1.54) is 115 Å². The van der Waals surface area contributed by atoms with Crippen LogP contribution in [-0.2, 0) is 28.9 Å². The molecule has 1 saturated heterocycles. The lowest BCUT2D eigenvalue weighted by molar-refractivity contribution is -0.298. The van der Waals surface area contributed by atoms with Gasteiger partial charge in [-0.2, -0.15) is 8.42 Å². The molecule has 8 atom stereocenters. The number of amides is 1. The average Bonchev–Trinajstić information content (AvgIpc) is 3.20. The second-order valence-electron chi connectivity index (χ2n) is 16.5. The summed E-state index contributed by atoms with van der Waals surface area (Å²) in [5.41, 5.74) is 0. The highest BCUT2D eigenvalue weighted by molar-refractivity contribution is 7.80. The van der Waals surface area contributed by atoms with Gasteiger partial charge in [0.05, 0.1) is 25.4 Å². The van der Waals surface area contributed by atoms with Gasteiger partial charge >= 0.3 is 10.4 Å². The number of carbonyl (C=O) groups excluding carboxylic acids is 1. The molecular formula is C45H85NO12S. The van der Waals surface area contributed by atoms with Crippen molar-refractivity contribution in [1.29, 1.82) is 0 Å². The summed E-state index contributed by atoms with van der Waals surface area (Å²) in [6.45, 7) is 3.20. The quantitative estimate of drug-likeness (QED) is 0.0179. The fourth-order valence-corrected chi connectivity index (χ4v) is 7.85. The third kappa shape index (κ3) is 28.7. The Hall–Kier alpha value is -1.46. The van der Waals surface area contributed by atoms with Crippen LogP contribution in [0.4, 0.5) is 0 Å². The minimum atomic E-state index is -5.12. The second kappa shape index (κ2) is 36.1. The van der Waals surface area contributed by atoms with Crippen LogP contribution in [-0.4, -0.2) is 107 Å². The second-order valence-corrected chi connectivity index (χ2v) is 17.5. The van der Waals surface area contributed by atoms with E-state index in [1.54, 1.807) is 0 Å². The first-order valence-corrected chi connectivity index (χ1v) is 24.7. The van der Waals surface area contributed by atoms with Crippen LogP contribution in [0.5, 0.6) is 0 Å². The Kier molecular flexibility index (Phi) is 34.0. The molecule has 1 amide bonds. The topological polar surface area (TPSA) is 212 Å². The van der Waals surface area contributed by atoms with Crippen molar-refractivity contribution in [2.24, 2.45) is 0 Å². The van der Waals surface area contributed by atoms with Gasteiger partial charge in [-0.05, 0) is 44.9 Å². The van der Waals surface area contributed by atoms with Crippen LogP contribution in [0, 0.1) is 0 Å². The van der Waals surface area contributed by atoms with Crippen LogP contribution < -0.4 is 5.32 Å². The Balaban J connectivity index is 2.59. The number of carbonyl (C=O) groups is 1. The molecule has 59 heavy (non-hydrogen) atoms. The molecule has 0 spiro atoms. The molecule has 0 aliphatic carbocycles. The number of unbranched alkanes of at least 4 members (excludes halogenated alkanes) is 24. The standard InChI is InChI=1S/C45H85NO12S/c1-3-5-7-9-11-13-15-17-18-19-20-22-24-26-28-30-32-34-39(49)44(52)46-37(38(48)33-31-29-27-25-23-21-16-14-12-10-8-6-4-2)36-56-45-42(51)43(58-59(53,54)55)41(50)40(35-47)57-45/h20,22,31,33,37-43,45,47-51H,3-19,21,23-30,32,34-36H2,1-2H3,(H,46,52)(H,53,54,55)/b22-20-,33-31+. The van der Waals surface area contributed by atoms with Crippen molar-refractivity contribution < 1.29 is 57.0 Å². The van der Waals surface area contributed by atoms with Gasteiger partial charge in [-0.25, -0.2) is 4.18 Å². The fraction of sp³-hybridized carbons (Fsp3) is 0.889. The van der Waals surface area contributed by atoms with Crippen molar-refractivity contribution in [2.45, 2.75) is 243 Å². The summed E-state index contributed by atoms with van der Waals surface area (Å²) >= 11 is 0. The molecule has 8 unspecified atom stereocenters. The van der Waals surface area contributed by atoms with Crippen molar-refractivity contribution >= 4 is 16.3 Å². The summed E-state index contributed by atoms with van der Waals surface area (Å²) in [5.74, 6) is -0.711. The maximum absolute atomic E-state index is 13.1. The van der Waals surface area contributed by atoms with Gasteiger partial charge in [-0.3, -0.25) is 9.35 Å². The molecule has 0 radical (unpaired) electrons. The third-order valence-corrected chi connectivity index (χ3v) is 11.5. The van der Waals surface area contributed by atoms with Gasteiger partial charge in [0.25, 0.3) is 0 Å². The molecular weight excluding hydrogens is 779 g/mol. The maximum Gasteiger partial charge on any atom is 0.397 e.